The summed E-state index contributed by atoms with van der Waals surface area (Å²) < 4.78 is 23.4. The first-order chi connectivity index (χ1) is 7.92. The molecule has 17 heavy (non-hydrogen) atoms. The van der Waals surface area contributed by atoms with Gasteiger partial charge in [-0.05, 0) is 19.1 Å². The molecule has 0 fully saturated rings. The van der Waals surface area contributed by atoms with Crippen LogP contribution in [0.1, 0.15) is 19.4 Å². The monoisotopic (exact) mass is 256 g/mol. The molecule has 6 heteroatoms. The van der Waals surface area contributed by atoms with Gasteiger partial charge in [0.2, 0.25) is 0 Å². The molecule has 1 rings (SSSR count). The third kappa shape index (κ3) is 2.97. The second kappa shape index (κ2) is 5.18. The van der Waals surface area contributed by atoms with Gasteiger partial charge in [0.05, 0.1) is 0 Å². The molecular weight excluding hydrogens is 240 g/mol. The molecule has 0 bridgehead atoms. The van der Waals surface area contributed by atoms with E-state index >= 15 is 0 Å². The van der Waals surface area contributed by atoms with Crippen molar-refractivity contribution in [3.63, 3.8) is 0 Å². The van der Waals surface area contributed by atoms with Crippen molar-refractivity contribution in [2.24, 2.45) is 5.16 Å². The molecule has 0 aliphatic rings. The molecule has 0 aromatic heterocycles. The highest BCUT2D eigenvalue weighted by atomic mass is 32.2. The van der Waals surface area contributed by atoms with E-state index in [1.54, 1.807) is 31.2 Å². The normalized spacial score (nSPS) is 14.6. The second-order valence-electron chi connectivity index (χ2n) is 3.70. The van der Waals surface area contributed by atoms with Gasteiger partial charge in [-0.1, -0.05) is 24.2 Å². The highest BCUT2D eigenvalue weighted by Crippen LogP contribution is 2.14. The zero-order valence-corrected chi connectivity index (χ0v) is 10.6. The molecular formula is C11H16N2O3S. The van der Waals surface area contributed by atoms with Crippen molar-refractivity contribution >= 4 is 21.2 Å². The minimum Gasteiger partial charge on any atom is -0.411 e. The van der Waals surface area contributed by atoms with Gasteiger partial charge < -0.3 is 10.9 Å². The standard InChI is InChI=1S/C11H16N2O3S/c1-3-17(15,16)8(2)11(13-14)9-4-6-10(12)7-5-9/h4-8,14H,3,12H2,1-2H3. The minimum atomic E-state index is -3.29. The Balaban J connectivity index is 3.14. The molecule has 1 aromatic rings. The summed E-state index contributed by atoms with van der Waals surface area (Å²) in [5.41, 5.74) is 6.78. The SMILES string of the molecule is CCS(=O)(=O)C(C)C(=NO)c1ccc(N)cc1. The van der Waals surface area contributed by atoms with Crippen LogP contribution < -0.4 is 5.73 Å². The third-order valence-electron chi connectivity index (χ3n) is 2.64. The number of hydrogen-bond acceptors (Lipinski definition) is 5. The van der Waals surface area contributed by atoms with Gasteiger partial charge in [0.1, 0.15) is 11.0 Å². The van der Waals surface area contributed by atoms with Gasteiger partial charge in [-0.2, -0.15) is 0 Å². The summed E-state index contributed by atoms with van der Waals surface area (Å²) in [5, 5.41) is 11.2. The fourth-order valence-electron chi connectivity index (χ4n) is 1.45. The van der Waals surface area contributed by atoms with Crippen molar-refractivity contribution in [1.29, 1.82) is 0 Å². The number of sulfone groups is 1. The lowest BCUT2D eigenvalue weighted by atomic mass is 10.1. The number of benzene rings is 1. The molecule has 0 amide bonds. The summed E-state index contributed by atoms with van der Waals surface area (Å²) in [6, 6.07) is 6.52. The molecule has 0 saturated carbocycles. The molecule has 0 spiro atoms. The van der Waals surface area contributed by atoms with Crippen molar-refractivity contribution in [1.82, 2.24) is 0 Å². The van der Waals surface area contributed by atoms with Crippen molar-refractivity contribution in [3.05, 3.63) is 29.8 Å². The van der Waals surface area contributed by atoms with Crippen LogP contribution in [0.15, 0.2) is 29.4 Å². The first-order valence-electron chi connectivity index (χ1n) is 5.21. The van der Waals surface area contributed by atoms with Crippen molar-refractivity contribution in [2.75, 3.05) is 11.5 Å². The smallest absolute Gasteiger partial charge is 0.158 e. The summed E-state index contributed by atoms with van der Waals surface area (Å²) in [6.45, 7) is 3.06. The molecule has 0 heterocycles. The lowest BCUT2D eigenvalue weighted by molar-refractivity contribution is 0.318. The maximum atomic E-state index is 11.7. The summed E-state index contributed by atoms with van der Waals surface area (Å²) in [6.07, 6.45) is 0. The molecule has 0 saturated heterocycles. The van der Waals surface area contributed by atoms with E-state index in [1.807, 2.05) is 0 Å². The first-order valence-corrected chi connectivity index (χ1v) is 6.93. The molecule has 1 unspecified atom stereocenters. The van der Waals surface area contributed by atoms with Crippen LogP contribution in [0.4, 0.5) is 5.69 Å². The number of nitrogen functional groups attached to an aromatic ring is 1. The highest BCUT2D eigenvalue weighted by Gasteiger charge is 2.25. The van der Waals surface area contributed by atoms with Crippen LogP contribution in [0.5, 0.6) is 0 Å². The number of anilines is 1. The quantitative estimate of drug-likeness (QED) is 0.367. The summed E-state index contributed by atoms with van der Waals surface area (Å²) in [5.74, 6) is 0.00214. The van der Waals surface area contributed by atoms with E-state index in [4.69, 9.17) is 10.9 Å². The molecule has 5 nitrogen and oxygen atoms in total. The van der Waals surface area contributed by atoms with Crippen molar-refractivity contribution < 1.29 is 13.6 Å². The van der Waals surface area contributed by atoms with Crippen LogP contribution in [0.2, 0.25) is 0 Å². The lowest BCUT2D eigenvalue weighted by Crippen LogP contribution is -2.29. The Morgan fingerprint density at radius 3 is 2.35 bits per heavy atom. The largest absolute Gasteiger partial charge is 0.411 e. The topological polar surface area (TPSA) is 92.8 Å². The van der Waals surface area contributed by atoms with Crippen LogP contribution >= 0.6 is 0 Å². The maximum Gasteiger partial charge on any atom is 0.158 e. The summed E-state index contributed by atoms with van der Waals surface area (Å²) in [7, 11) is -3.29. The molecule has 0 aliphatic heterocycles. The summed E-state index contributed by atoms with van der Waals surface area (Å²) in [4.78, 5) is 0. The Morgan fingerprint density at radius 1 is 1.41 bits per heavy atom. The van der Waals surface area contributed by atoms with Crippen LogP contribution in [-0.2, 0) is 9.84 Å². The van der Waals surface area contributed by atoms with Gasteiger partial charge in [-0.25, -0.2) is 8.42 Å². The number of nitrogens with zero attached hydrogens (tertiary/aromatic N) is 1. The minimum absolute atomic E-state index is 0.00214. The molecule has 1 aromatic carbocycles. The van der Waals surface area contributed by atoms with E-state index < -0.39 is 15.1 Å². The van der Waals surface area contributed by atoms with E-state index in [9.17, 15) is 8.42 Å². The average Bonchev–Trinajstić information content (AvgIpc) is 2.32. The van der Waals surface area contributed by atoms with Gasteiger partial charge in [-0.15, -0.1) is 0 Å². The Morgan fingerprint density at radius 2 is 1.94 bits per heavy atom. The van der Waals surface area contributed by atoms with Crippen LogP contribution in [-0.4, -0.2) is 30.3 Å². The van der Waals surface area contributed by atoms with Crippen molar-refractivity contribution in [3.8, 4) is 0 Å². The average molecular weight is 256 g/mol. The fraction of sp³-hybridized carbons (Fsp3) is 0.364. The van der Waals surface area contributed by atoms with Crippen molar-refractivity contribution in [2.45, 2.75) is 19.1 Å². The van der Waals surface area contributed by atoms with Gasteiger partial charge in [0.15, 0.2) is 9.84 Å². The van der Waals surface area contributed by atoms with E-state index in [-0.39, 0.29) is 11.5 Å². The predicted octanol–water partition coefficient (Wildman–Crippen LogP) is 1.27. The van der Waals surface area contributed by atoms with Gasteiger partial charge in [0.25, 0.3) is 0 Å². The van der Waals surface area contributed by atoms with Crippen LogP contribution in [0, 0.1) is 0 Å². The Hall–Kier alpha value is -1.56. The van der Waals surface area contributed by atoms with E-state index in [2.05, 4.69) is 5.16 Å². The third-order valence-corrected chi connectivity index (χ3v) is 4.75. The van der Waals surface area contributed by atoms with Crippen LogP contribution in [0.25, 0.3) is 0 Å². The van der Waals surface area contributed by atoms with E-state index in [0.29, 0.717) is 11.3 Å². The number of hydrogen-bond donors (Lipinski definition) is 2. The molecule has 1 atom stereocenters. The maximum absolute atomic E-state index is 11.7. The van der Waals surface area contributed by atoms with Gasteiger partial charge >= 0.3 is 0 Å². The predicted molar refractivity (Wildman–Crippen MR) is 68.1 cm³/mol. The second-order valence-corrected chi connectivity index (χ2v) is 6.31. The number of rotatable bonds is 4. The van der Waals surface area contributed by atoms with E-state index in [0.717, 1.165) is 0 Å². The highest BCUT2D eigenvalue weighted by molar-refractivity contribution is 7.92. The summed E-state index contributed by atoms with van der Waals surface area (Å²) >= 11 is 0. The number of oxime groups is 1. The number of nitrogens with two attached hydrogens (primary N) is 1. The molecule has 3 N–H and O–H groups in total. The lowest BCUT2D eigenvalue weighted by Gasteiger charge is -2.13. The Labute approximate surface area is 101 Å². The molecule has 0 radical (unpaired) electrons. The zero-order chi connectivity index (χ0) is 13.1. The van der Waals surface area contributed by atoms with Gasteiger partial charge in [0, 0.05) is 17.0 Å². The Kier molecular flexibility index (Phi) is 4.11. The molecule has 0 aliphatic carbocycles. The van der Waals surface area contributed by atoms with E-state index in [1.165, 1.54) is 6.92 Å². The van der Waals surface area contributed by atoms with Crippen LogP contribution in [0.3, 0.4) is 0 Å². The zero-order valence-electron chi connectivity index (χ0n) is 9.79. The Bertz CT molecular complexity index is 506. The first kappa shape index (κ1) is 13.5. The fourth-order valence-corrected chi connectivity index (χ4v) is 2.47. The van der Waals surface area contributed by atoms with Gasteiger partial charge in [-0.3, -0.25) is 0 Å². The molecule has 94 valence electrons.